The zero-order valence-corrected chi connectivity index (χ0v) is 11.9. The average Bonchev–Trinajstić information content (AvgIpc) is 2.80. The van der Waals surface area contributed by atoms with Gasteiger partial charge in [0.2, 0.25) is 11.8 Å². The van der Waals surface area contributed by atoms with Crippen LogP contribution in [-0.2, 0) is 20.7 Å². The van der Waals surface area contributed by atoms with E-state index in [0.717, 1.165) is 16.9 Å². The van der Waals surface area contributed by atoms with Crippen molar-refractivity contribution in [3.8, 4) is 0 Å². The summed E-state index contributed by atoms with van der Waals surface area (Å²) in [5.41, 5.74) is 7.82. The number of nitrogens with one attached hydrogen (secondary N) is 2. The second-order valence-corrected chi connectivity index (χ2v) is 5.91. The summed E-state index contributed by atoms with van der Waals surface area (Å²) in [6.07, 6.45) is 1.16. The molecule has 21 heavy (non-hydrogen) atoms. The van der Waals surface area contributed by atoms with Crippen LogP contribution in [0.5, 0.6) is 0 Å². The lowest BCUT2D eigenvalue weighted by Gasteiger charge is -2.26. The van der Waals surface area contributed by atoms with Crippen LogP contribution in [0, 0.1) is 5.41 Å². The highest BCUT2D eigenvalue weighted by Gasteiger charge is 2.44. The third-order valence-electron chi connectivity index (χ3n) is 4.30. The number of aryl methyl sites for hydroxylation is 1. The molecule has 2 atom stereocenters. The van der Waals surface area contributed by atoms with E-state index in [9.17, 15) is 9.59 Å². The molecule has 1 aromatic rings. The van der Waals surface area contributed by atoms with Crippen LogP contribution in [-0.4, -0.2) is 31.1 Å². The van der Waals surface area contributed by atoms with Crippen LogP contribution in [0.15, 0.2) is 18.2 Å². The second kappa shape index (κ2) is 5.13. The molecule has 2 aliphatic rings. The molecule has 3 rings (SSSR count). The Balaban J connectivity index is 1.76. The molecule has 0 radical (unpaired) electrons. The number of benzene rings is 1. The van der Waals surface area contributed by atoms with Crippen molar-refractivity contribution in [1.29, 1.82) is 0 Å². The third kappa shape index (κ3) is 2.52. The Bertz CT molecular complexity index is 602. The Morgan fingerprint density at radius 1 is 1.48 bits per heavy atom. The number of amides is 2. The minimum atomic E-state index is -0.704. The highest BCUT2D eigenvalue weighted by molar-refractivity contribution is 5.97. The lowest BCUT2D eigenvalue weighted by atomic mass is 9.84. The molecule has 0 aromatic heterocycles. The van der Waals surface area contributed by atoms with Crippen molar-refractivity contribution in [1.82, 2.24) is 0 Å². The second-order valence-electron chi connectivity index (χ2n) is 5.91. The lowest BCUT2D eigenvalue weighted by molar-refractivity contribution is -0.125. The van der Waals surface area contributed by atoms with Crippen LogP contribution in [0.2, 0.25) is 0 Å². The average molecular weight is 289 g/mol. The fourth-order valence-electron chi connectivity index (χ4n) is 2.66. The Morgan fingerprint density at radius 2 is 2.29 bits per heavy atom. The summed E-state index contributed by atoms with van der Waals surface area (Å²) in [4.78, 5) is 23.8. The van der Waals surface area contributed by atoms with Crippen LogP contribution in [0.1, 0.15) is 18.9 Å². The standard InChI is InChI=1S/C15H19N3O3/c1-15(8-21-7-12(15)16)14(20)17-10-3-4-11-9(6-10)2-5-13(19)18-11/h3-4,6,12H,2,5,7-8,16H2,1H3,(H,17,20)(H,18,19). The van der Waals surface area contributed by atoms with Crippen LogP contribution in [0.25, 0.3) is 0 Å². The third-order valence-corrected chi connectivity index (χ3v) is 4.30. The molecule has 2 amide bonds. The predicted octanol–water partition coefficient (Wildman–Crippen LogP) is 0.874. The number of rotatable bonds is 2. The van der Waals surface area contributed by atoms with E-state index >= 15 is 0 Å². The molecule has 0 saturated carbocycles. The van der Waals surface area contributed by atoms with Gasteiger partial charge < -0.3 is 21.1 Å². The molecule has 1 fully saturated rings. The van der Waals surface area contributed by atoms with Gasteiger partial charge in [-0.05, 0) is 37.1 Å². The van der Waals surface area contributed by atoms with Crippen molar-refractivity contribution in [2.75, 3.05) is 23.8 Å². The molecular weight excluding hydrogens is 270 g/mol. The topological polar surface area (TPSA) is 93.5 Å². The first-order valence-corrected chi connectivity index (χ1v) is 7.06. The molecule has 2 aliphatic heterocycles. The molecule has 6 nitrogen and oxygen atoms in total. The van der Waals surface area contributed by atoms with Gasteiger partial charge >= 0.3 is 0 Å². The lowest BCUT2D eigenvalue weighted by Crippen LogP contribution is -2.47. The first kappa shape index (κ1) is 14.0. The number of carbonyl (C=O) groups excluding carboxylic acids is 2. The van der Waals surface area contributed by atoms with Gasteiger partial charge in [0, 0.05) is 23.8 Å². The summed E-state index contributed by atoms with van der Waals surface area (Å²) in [7, 11) is 0. The summed E-state index contributed by atoms with van der Waals surface area (Å²) >= 11 is 0. The van der Waals surface area contributed by atoms with Gasteiger partial charge in [0.15, 0.2) is 0 Å². The van der Waals surface area contributed by atoms with E-state index in [1.54, 1.807) is 6.07 Å². The highest BCUT2D eigenvalue weighted by Crippen LogP contribution is 2.30. The van der Waals surface area contributed by atoms with Crippen LogP contribution >= 0.6 is 0 Å². The van der Waals surface area contributed by atoms with Gasteiger partial charge in [-0.15, -0.1) is 0 Å². The summed E-state index contributed by atoms with van der Waals surface area (Å²) < 4.78 is 5.30. The number of carbonyl (C=O) groups is 2. The fraction of sp³-hybridized carbons (Fsp3) is 0.467. The molecule has 1 saturated heterocycles. The summed E-state index contributed by atoms with van der Waals surface area (Å²) in [6, 6.07) is 5.20. The zero-order chi connectivity index (χ0) is 15.0. The molecule has 6 heteroatoms. The number of ether oxygens (including phenoxy) is 1. The molecule has 1 aromatic carbocycles. The van der Waals surface area contributed by atoms with E-state index in [0.29, 0.717) is 26.1 Å². The maximum absolute atomic E-state index is 12.4. The van der Waals surface area contributed by atoms with E-state index in [-0.39, 0.29) is 17.9 Å². The first-order chi connectivity index (χ1) is 9.99. The summed E-state index contributed by atoms with van der Waals surface area (Å²) in [6.45, 7) is 2.56. The maximum atomic E-state index is 12.4. The Kier molecular flexibility index (Phi) is 3.43. The smallest absolute Gasteiger partial charge is 0.234 e. The van der Waals surface area contributed by atoms with Crippen molar-refractivity contribution in [2.24, 2.45) is 11.1 Å². The van der Waals surface area contributed by atoms with Gasteiger partial charge in [0.25, 0.3) is 0 Å². The quantitative estimate of drug-likeness (QED) is 0.753. The Hall–Kier alpha value is -1.92. The van der Waals surface area contributed by atoms with Gasteiger partial charge in [0.05, 0.1) is 18.6 Å². The number of anilines is 2. The van der Waals surface area contributed by atoms with Gasteiger partial charge in [-0.2, -0.15) is 0 Å². The van der Waals surface area contributed by atoms with Gasteiger partial charge in [-0.3, -0.25) is 9.59 Å². The van der Waals surface area contributed by atoms with Crippen LogP contribution in [0.3, 0.4) is 0 Å². The summed E-state index contributed by atoms with van der Waals surface area (Å²) in [5, 5.41) is 5.72. The minimum Gasteiger partial charge on any atom is -0.379 e. The molecule has 2 unspecified atom stereocenters. The molecular formula is C15H19N3O3. The molecule has 112 valence electrons. The normalized spacial score (nSPS) is 27.9. The molecule has 0 aliphatic carbocycles. The summed E-state index contributed by atoms with van der Waals surface area (Å²) in [5.74, 6) is -0.104. The van der Waals surface area contributed by atoms with E-state index in [2.05, 4.69) is 10.6 Å². The number of hydrogen-bond acceptors (Lipinski definition) is 4. The van der Waals surface area contributed by atoms with Crippen LogP contribution in [0.4, 0.5) is 11.4 Å². The highest BCUT2D eigenvalue weighted by atomic mass is 16.5. The Morgan fingerprint density at radius 3 is 3.00 bits per heavy atom. The zero-order valence-electron chi connectivity index (χ0n) is 11.9. The number of fused-ring (bicyclic) bond motifs is 1. The van der Waals surface area contributed by atoms with E-state index in [1.165, 1.54) is 0 Å². The monoisotopic (exact) mass is 289 g/mol. The SMILES string of the molecule is CC1(C(=O)Nc2ccc3c(c2)CCC(=O)N3)COCC1N. The van der Waals surface area contributed by atoms with Crippen molar-refractivity contribution in [3.63, 3.8) is 0 Å². The van der Waals surface area contributed by atoms with E-state index < -0.39 is 5.41 Å². The van der Waals surface area contributed by atoms with Crippen molar-refractivity contribution in [3.05, 3.63) is 23.8 Å². The van der Waals surface area contributed by atoms with Gasteiger partial charge in [-0.1, -0.05) is 0 Å². The maximum Gasteiger partial charge on any atom is 0.234 e. The molecule has 0 spiro atoms. The minimum absolute atomic E-state index is 0.0286. The van der Waals surface area contributed by atoms with Crippen molar-refractivity contribution in [2.45, 2.75) is 25.8 Å². The van der Waals surface area contributed by atoms with Crippen LogP contribution < -0.4 is 16.4 Å². The van der Waals surface area contributed by atoms with E-state index in [4.69, 9.17) is 10.5 Å². The van der Waals surface area contributed by atoms with Gasteiger partial charge in [-0.25, -0.2) is 0 Å². The fourth-order valence-corrected chi connectivity index (χ4v) is 2.66. The van der Waals surface area contributed by atoms with Crippen molar-refractivity contribution >= 4 is 23.2 Å². The molecule has 0 bridgehead atoms. The van der Waals surface area contributed by atoms with Gasteiger partial charge in [0.1, 0.15) is 0 Å². The predicted molar refractivity (Wildman–Crippen MR) is 78.9 cm³/mol. The van der Waals surface area contributed by atoms with Crippen molar-refractivity contribution < 1.29 is 14.3 Å². The number of nitrogens with two attached hydrogens (primary N) is 1. The first-order valence-electron chi connectivity index (χ1n) is 7.06. The molecule has 4 N–H and O–H groups in total. The Labute approximate surface area is 123 Å². The van der Waals surface area contributed by atoms with E-state index in [1.807, 2.05) is 19.1 Å². The molecule has 2 heterocycles. The largest absolute Gasteiger partial charge is 0.379 e. The number of hydrogen-bond donors (Lipinski definition) is 3.